The van der Waals surface area contributed by atoms with Gasteiger partial charge in [0.05, 0.1) is 24.0 Å². The van der Waals surface area contributed by atoms with Gasteiger partial charge in [-0.3, -0.25) is 9.69 Å². The smallest absolute Gasteiger partial charge is 0.260 e. The number of carbonyl (C=O) groups excluding carboxylic acids is 1. The first-order valence-electron chi connectivity index (χ1n) is 10.4. The molecule has 3 aromatic rings. The molecule has 0 radical (unpaired) electrons. The van der Waals surface area contributed by atoms with E-state index in [2.05, 4.69) is 43.0 Å². The SMILES string of the molecule is CNCc1nc(N(C)C(C)C)cc2c1CN(c1ccc3cnn(C(C)C)c3n1)C2=O. The summed E-state index contributed by atoms with van der Waals surface area (Å²) in [6.07, 6.45) is 1.82. The molecule has 0 saturated heterocycles. The lowest BCUT2D eigenvalue weighted by atomic mass is 10.1. The topological polar surface area (TPSA) is 79.2 Å². The Bertz CT molecular complexity index is 1100. The number of nitrogens with zero attached hydrogens (tertiary/aromatic N) is 6. The molecule has 30 heavy (non-hydrogen) atoms. The Labute approximate surface area is 176 Å². The molecule has 3 aromatic heterocycles. The molecule has 0 spiro atoms. The van der Waals surface area contributed by atoms with Crippen LogP contribution in [0.3, 0.4) is 0 Å². The molecule has 8 nitrogen and oxygen atoms in total. The Hall–Kier alpha value is -3.00. The van der Waals surface area contributed by atoms with E-state index in [4.69, 9.17) is 9.97 Å². The van der Waals surface area contributed by atoms with Gasteiger partial charge in [-0.1, -0.05) is 0 Å². The van der Waals surface area contributed by atoms with E-state index < -0.39 is 0 Å². The van der Waals surface area contributed by atoms with Crippen LogP contribution in [0.2, 0.25) is 0 Å². The predicted molar refractivity (Wildman–Crippen MR) is 119 cm³/mol. The van der Waals surface area contributed by atoms with Gasteiger partial charge in [-0.05, 0) is 52.9 Å². The number of fused-ring (bicyclic) bond motifs is 2. The third-order valence-corrected chi connectivity index (χ3v) is 5.66. The summed E-state index contributed by atoms with van der Waals surface area (Å²) >= 11 is 0. The number of carbonyl (C=O) groups is 1. The molecule has 1 N–H and O–H groups in total. The quantitative estimate of drug-likeness (QED) is 0.676. The zero-order valence-electron chi connectivity index (χ0n) is 18.5. The number of pyridine rings is 2. The lowest BCUT2D eigenvalue weighted by molar-refractivity contribution is 0.0996. The Morgan fingerprint density at radius 1 is 1.20 bits per heavy atom. The number of amides is 1. The third-order valence-electron chi connectivity index (χ3n) is 5.66. The van der Waals surface area contributed by atoms with Crippen LogP contribution in [-0.2, 0) is 13.1 Å². The maximum Gasteiger partial charge on any atom is 0.260 e. The minimum Gasteiger partial charge on any atom is -0.357 e. The van der Waals surface area contributed by atoms with Gasteiger partial charge in [-0.25, -0.2) is 14.6 Å². The molecule has 0 saturated carbocycles. The van der Waals surface area contributed by atoms with Gasteiger partial charge in [0.15, 0.2) is 5.65 Å². The van der Waals surface area contributed by atoms with E-state index in [1.54, 1.807) is 4.90 Å². The van der Waals surface area contributed by atoms with Crippen molar-refractivity contribution in [1.29, 1.82) is 0 Å². The van der Waals surface area contributed by atoms with E-state index in [0.29, 0.717) is 24.5 Å². The van der Waals surface area contributed by atoms with Crippen molar-refractivity contribution < 1.29 is 4.79 Å². The number of nitrogens with one attached hydrogen (secondary N) is 1. The van der Waals surface area contributed by atoms with Crippen LogP contribution in [0, 0.1) is 0 Å². The van der Waals surface area contributed by atoms with Gasteiger partial charge in [-0.15, -0.1) is 0 Å². The summed E-state index contributed by atoms with van der Waals surface area (Å²) in [5, 5.41) is 8.58. The van der Waals surface area contributed by atoms with Crippen LogP contribution in [0.15, 0.2) is 24.4 Å². The average molecular weight is 408 g/mol. The molecule has 0 fully saturated rings. The Morgan fingerprint density at radius 3 is 2.63 bits per heavy atom. The fourth-order valence-corrected chi connectivity index (χ4v) is 3.74. The number of aromatic nitrogens is 4. The zero-order chi connectivity index (χ0) is 21.6. The number of hydrogen-bond acceptors (Lipinski definition) is 6. The van der Waals surface area contributed by atoms with Crippen LogP contribution in [0.1, 0.15) is 55.4 Å². The van der Waals surface area contributed by atoms with E-state index in [1.165, 1.54) is 0 Å². The molecule has 0 atom stereocenters. The van der Waals surface area contributed by atoms with Crippen molar-refractivity contribution in [3.8, 4) is 0 Å². The molecule has 1 aliphatic heterocycles. The van der Waals surface area contributed by atoms with Crippen molar-refractivity contribution in [2.75, 3.05) is 23.9 Å². The maximum absolute atomic E-state index is 13.4. The van der Waals surface area contributed by atoms with Gasteiger partial charge in [-0.2, -0.15) is 5.10 Å². The monoisotopic (exact) mass is 407 g/mol. The molecule has 1 amide bonds. The molecule has 1 aliphatic rings. The molecule has 0 unspecified atom stereocenters. The highest BCUT2D eigenvalue weighted by Crippen LogP contribution is 2.32. The van der Waals surface area contributed by atoms with Crippen LogP contribution in [0.25, 0.3) is 11.0 Å². The van der Waals surface area contributed by atoms with E-state index in [1.807, 2.05) is 43.2 Å². The van der Waals surface area contributed by atoms with Crippen molar-refractivity contribution in [3.63, 3.8) is 0 Å². The van der Waals surface area contributed by atoms with E-state index >= 15 is 0 Å². The first kappa shape index (κ1) is 20.3. The Kier molecular flexibility index (Phi) is 5.19. The average Bonchev–Trinajstić information content (AvgIpc) is 3.28. The van der Waals surface area contributed by atoms with Crippen molar-refractivity contribution in [3.05, 3.63) is 41.2 Å². The summed E-state index contributed by atoms with van der Waals surface area (Å²) in [4.78, 5) is 26.8. The molecule has 4 rings (SSSR count). The summed E-state index contributed by atoms with van der Waals surface area (Å²) in [5.74, 6) is 1.41. The summed E-state index contributed by atoms with van der Waals surface area (Å²) in [6, 6.07) is 6.26. The van der Waals surface area contributed by atoms with Crippen molar-refractivity contribution in [2.45, 2.75) is 52.9 Å². The van der Waals surface area contributed by atoms with E-state index in [0.717, 1.165) is 28.1 Å². The number of hydrogen-bond donors (Lipinski definition) is 1. The first-order chi connectivity index (χ1) is 14.3. The molecule has 158 valence electrons. The van der Waals surface area contributed by atoms with Crippen molar-refractivity contribution >= 4 is 28.6 Å². The van der Waals surface area contributed by atoms with Crippen LogP contribution in [-0.4, -0.2) is 45.8 Å². The third kappa shape index (κ3) is 3.31. The van der Waals surface area contributed by atoms with Gasteiger partial charge in [0.1, 0.15) is 11.6 Å². The second kappa shape index (κ2) is 7.68. The Morgan fingerprint density at radius 2 is 1.97 bits per heavy atom. The predicted octanol–water partition coefficient (Wildman–Crippen LogP) is 3.13. The highest BCUT2D eigenvalue weighted by Gasteiger charge is 2.33. The molecule has 0 aromatic carbocycles. The standard InChI is InChI=1S/C22H29N7O/c1-13(2)27(6)20-9-16-17(18(25-20)11-23-5)12-28(22(16)30)19-8-7-15-10-24-29(14(3)4)21(15)26-19/h7-10,13-14,23H,11-12H2,1-6H3. The van der Waals surface area contributed by atoms with Crippen molar-refractivity contribution in [2.24, 2.45) is 0 Å². The molecule has 0 bridgehead atoms. The minimum atomic E-state index is -0.0365. The van der Waals surface area contributed by atoms with E-state index in [9.17, 15) is 4.79 Å². The van der Waals surface area contributed by atoms with Crippen LogP contribution in [0.5, 0.6) is 0 Å². The highest BCUT2D eigenvalue weighted by atomic mass is 16.2. The fraction of sp³-hybridized carbons (Fsp3) is 0.455. The first-order valence-corrected chi connectivity index (χ1v) is 10.4. The van der Waals surface area contributed by atoms with Gasteiger partial charge in [0.25, 0.3) is 5.91 Å². The highest BCUT2D eigenvalue weighted by molar-refractivity contribution is 6.10. The minimum absolute atomic E-state index is 0.0365. The molecule has 8 heteroatoms. The van der Waals surface area contributed by atoms with E-state index in [-0.39, 0.29) is 18.0 Å². The van der Waals surface area contributed by atoms with Gasteiger partial charge in [0, 0.05) is 36.6 Å². The zero-order valence-corrected chi connectivity index (χ0v) is 18.5. The summed E-state index contributed by atoms with van der Waals surface area (Å²) < 4.78 is 1.89. The van der Waals surface area contributed by atoms with Gasteiger partial charge in [0.2, 0.25) is 0 Å². The second-order valence-corrected chi connectivity index (χ2v) is 8.34. The van der Waals surface area contributed by atoms with Gasteiger partial charge < -0.3 is 10.2 Å². The fourth-order valence-electron chi connectivity index (χ4n) is 3.74. The largest absolute Gasteiger partial charge is 0.357 e. The maximum atomic E-state index is 13.4. The number of rotatable bonds is 6. The Balaban J connectivity index is 1.77. The van der Waals surface area contributed by atoms with Crippen LogP contribution < -0.4 is 15.1 Å². The normalized spacial score (nSPS) is 13.7. The van der Waals surface area contributed by atoms with Crippen LogP contribution in [0.4, 0.5) is 11.6 Å². The second-order valence-electron chi connectivity index (χ2n) is 8.34. The molecular formula is C22H29N7O. The lowest BCUT2D eigenvalue weighted by Gasteiger charge is -2.24. The molecule has 4 heterocycles. The summed E-state index contributed by atoms with van der Waals surface area (Å²) in [6.45, 7) is 9.43. The lowest BCUT2D eigenvalue weighted by Crippen LogP contribution is -2.27. The van der Waals surface area contributed by atoms with Gasteiger partial charge >= 0.3 is 0 Å². The van der Waals surface area contributed by atoms with Crippen LogP contribution >= 0.6 is 0 Å². The summed E-state index contributed by atoms with van der Waals surface area (Å²) in [7, 11) is 3.90. The molecule has 0 aliphatic carbocycles. The summed E-state index contributed by atoms with van der Waals surface area (Å²) in [5.41, 5.74) is 3.37. The van der Waals surface area contributed by atoms with Crippen molar-refractivity contribution in [1.82, 2.24) is 25.1 Å². The number of anilines is 2. The molecular weight excluding hydrogens is 378 g/mol.